The van der Waals surface area contributed by atoms with Crippen LogP contribution in [0.15, 0.2) is 24.3 Å². The summed E-state index contributed by atoms with van der Waals surface area (Å²) in [5.41, 5.74) is 1.06. The second kappa shape index (κ2) is 5.38. The molecule has 0 aliphatic carbocycles. The van der Waals surface area contributed by atoms with Crippen molar-refractivity contribution in [3.8, 4) is 0 Å². The van der Waals surface area contributed by atoms with Gasteiger partial charge in [-0.05, 0) is 17.5 Å². The highest BCUT2D eigenvalue weighted by molar-refractivity contribution is 6.31. The van der Waals surface area contributed by atoms with Crippen molar-refractivity contribution >= 4 is 11.6 Å². The largest absolute Gasteiger partial charge is 0.396 e. The van der Waals surface area contributed by atoms with E-state index in [1.54, 1.807) is 0 Å². The van der Waals surface area contributed by atoms with Crippen molar-refractivity contribution in [1.29, 1.82) is 0 Å². The van der Waals surface area contributed by atoms with Gasteiger partial charge in [0.05, 0.1) is 6.61 Å². The number of benzene rings is 1. The first-order valence-electron chi connectivity index (χ1n) is 5.06. The van der Waals surface area contributed by atoms with Gasteiger partial charge >= 0.3 is 0 Å². The Bertz CT molecular complexity index is 285. The molecule has 1 aromatic carbocycles. The molecule has 2 atom stereocenters. The van der Waals surface area contributed by atoms with E-state index < -0.39 is 0 Å². The van der Waals surface area contributed by atoms with E-state index in [-0.39, 0.29) is 12.5 Å². The summed E-state index contributed by atoms with van der Waals surface area (Å²) in [4.78, 5) is 0. The Labute approximate surface area is 90.7 Å². The highest BCUT2D eigenvalue weighted by atomic mass is 35.5. The molecule has 1 N–H and O–H groups in total. The lowest BCUT2D eigenvalue weighted by Gasteiger charge is -2.22. The molecule has 0 spiro atoms. The lowest BCUT2D eigenvalue weighted by molar-refractivity contribution is 0.229. The lowest BCUT2D eigenvalue weighted by Crippen LogP contribution is -2.13. The third kappa shape index (κ3) is 2.49. The molecule has 0 aliphatic heterocycles. The zero-order valence-corrected chi connectivity index (χ0v) is 9.46. The van der Waals surface area contributed by atoms with Crippen LogP contribution in [0.5, 0.6) is 0 Å². The van der Waals surface area contributed by atoms with Crippen LogP contribution in [0.3, 0.4) is 0 Å². The maximum Gasteiger partial charge on any atom is 0.0502 e. The second-order valence-electron chi connectivity index (χ2n) is 3.70. The Morgan fingerprint density at radius 3 is 2.50 bits per heavy atom. The average molecular weight is 213 g/mol. The van der Waals surface area contributed by atoms with E-state index in [1.807, 2.05) is 24.3 Å². The van der Waals surface area contributed by atoms with Crippen LogP contribution in [0.4, 0.5) is 0 Å². The van der Waals surface area contributed by atoms with Crippen LogP contribution < -0.4 is 0 Å². The molecule has 0 radical (unpaired) electrons. The molecule has 1 rings (SSSR count). The molecule has 0 fully saturated rings. The summed E-state index contributed by atoms with van der Waals surface area (Å²) >= 11 is 6.09. The number of rotatable bonds is 4. The minimum Gasteiger partial charge on any atom is -0.396 e. The van der Waals surface area contributed by atoms with Crippen molar-refractivity contribution in [1.82, 2.24) is 0 Å². The van der Waals surface area contributed by atoms with E-state index in [9.17, 15) is 5.11 Å². The first-order valence-corrected chi connectivity index (χ1v) is 5.43. The smallest absolute Gasteiger partial charge is 0.0502 e. The summed E-state index contributed by atoms with van der Waals surface area (Å²) in [6, 6.07) is 7.75. The van der Waals surface area contributed by atoms with Gasteiger partial charge in [0.15, 0.2) is 0 Å². The molecule has 14 heavy (non-hydrogen) atoms. The van der Waals surface area contributed by atoms with Crippen LogP contribution >= 0.6 is 11.6 Å². The molecule has 0 aromatic heterocycles. The van der Waals surface area contributed by atoms with E-state index in [4.69, 9.17) is 11.6 Å². The van der Waals surface area contributed by atoms with Gasteiger partial charge in [-0.25, -0.2) is 0 Å². The van der Waals surface area contributed by atoms with Gasteiger partial charge in [0.2, 0.25) is 0 Å². The van der Waals surface area contributed by atoms with Crippen molar-refractivity contribution in [3.05, 3.63) is 34.9 Å². The van der Waals surface area contributed by atoms with Gasteiger partial charge in [-0.15, -0.1) is 0 Å². The molecule has 0 amide bonds. The van der Waals surface area contributed by atoms with Crippen LogP contribution in [0.2, 0.25) is 5.02 Å². The van der Waals surface area contributed by atoms with E-state index in [0.29, 0.717) is 5.92 Å². The van der Waals surface area contributed by atoms with E-state index in [1.165, 1.54) is 0 Å². The van der Waals surface area contributed by atoms with Crippen molar-refractivity contribution in [2.75, 3.05) is 6.61 Å². The zero-order valence-electron chi connectivity index (χ0n) is 8.70. The summed E-state index contributed by atoms with van der Waals surface area (Å²) in [6.07, 6.45) is 1.05. The topological polar surface area (TPSA) is 20.2 Å². The molecule has 0 heterocycles. The average Bonchev–Trinajstić information content (AvgIpc) is 2.21. The van der Waals surface area contributed by atoms with Crippen LogP contribution in [0, 0.1) is 5.92 Å². The van der Waals surface area contributed by atoms with Crippen molar-refractivity contribution in [3.63, 3.8) is 0 Å². The third-order valence-electron chi connectivity index (χ3n) is 2.83. The Balaban J connectivity index is 2.94. The van der Waals surface area contributed by atoms with E-state index in [0.717, 1.165) is 17.0 Å². The molecule has 0 aliphatic rings. The molecule has 2 heteroatoms. The molecule has 2 unspecified atom stereocenters. The molecule has 1 aromatic rings. The minimum absolute atomic E-state index is 0.161. The maximum atomic E-state index is 9.35. The molecule has 0 saturated heterocycles. The fourth-order valence-corrected chi connectivity index (χ4v) is 1.92. The normalized spacial score (nSPS) is 15.1. The molecule has 0 bridgehead atoms. The van der Waals surface area contributed by atoms with Gasteiger partial charge in [0, 0.05) is 10.9 Å². The van der Waals surface area contributed by atoms with E-state index >= 15 is 0 Å². The number of aliphatic hydroxyl groups excluding tert-OH is 1. The van der Waals surface area contributed by atoms with Gasteiger partial charge in [0.25, 0.3) is 0 Å². The number of aliphatic hydroxyl groups is 1. The predicted molar refractivity (Wildman–Crippen MR) is 60.7 cm³/mol. The van der Waals surface area contributed by atoms with Crippen molar-refractivity contribution in [2.45, 2.75) is 26.2 Å². The Hall–Kier alpha value is -0.530. The van der Waals surface area contributed by atoms with Gasteiger partial charge in [-0.3, -0.25) is 0 Å². The van der Waals surface area contributed by atoms with Gasteiger partial charge in [-0.1, -0.05) is 50.1 Å². The zero-order chi connectivity index (χ0) is 10.6. The second-order valence-corrected chi connectivity index (χ2v) is 4.10. The summed E-state index contributed by atoms with van der Waals surface area (Å²) in [5.74, 6) is 0.619. The quantitative estimate of drug-likeness (QED) is 0.811. The van der Waals surface area contributed by atoms with Gasteiger partial charge in [0.1, 0.15) is 0 Å². The van der Waals surface area contributed by atoms with Crippen LogP contribution in [-0.2, 0) is 0 Å². The highest BCUT2D eigenvalue weighted by Crippen LogP contribution is 2.31. The number of halogens is 1. The van der Waals surface area contributed by atoms with Crippen molar-refractivity contribution in [2.24, 2.45) is 5.92 Å². The van der Waals surface area contributed by atoms with Crippen molar-refractivity contribution < 1.29 is 5.11 Å². The van der Waals surface area contributed by atoms with Crippen LogP contribution in [0.25, 0.3) is 0 Å². The molecule has 78 valence electrons. The monoisotopic (exact) mass is 212 g/mol. The van der Waals surface area contributed by atoms with E-state index in [2.05, 4.69) is 13.8 Å². The lowest BCUT2D eigenvalue weighted by atomic mass is 9.86. The molecule has 0 saturated carbocycles. The maximum absolute atomic E-state index is 9.35. The summed E-state index contributed by atoms with van der Waals surface area (Å²) in [5, 5.41) is 10.1. The summed E-state index contributed by atoms with van der Waals surface area (Å²) < 4.78 is 0. The standard InChI is InChI=1S/C12H17ClO/c1-3-9(2)11(8-14)10-6-4-5-7-12(10)13/h4-7,9,11,14H,3,8H2,1-2H3. The first-order chi connectivity index (χ1) is 6.70. The molecular formula is C12H17ClO. The predicted octanol–water partition coefficient (Wildman–Crippen LogP) is 3.46. The minimum atomic E-state index is 0.161. The summed E-state index contributed by atoms with van der Waals surface area (Å²) in [7, 11) is 0. The highest BCUT2D eigenvalue weighted by Gasteiger charge is 2.18. The van der Waals surface area contributed by atoms with Gasteiger partial charge in [-0.2, -0.15) is 0 Å². The van der Waals surface area contributed by atoms with Gasteiger partial charge < -0.3 is 5.11 Å². The Kier molecular flexibility index (Phi) is 4.43. The number of hydrogen-bond acceptors (Lipinski definition) is 1. The first kappa shape index (κ1) is 11.5. The van der Waals surface area contributed by atoms with Crippen LogP contribution in [0.1, 0.15) is 31.7 Å². The Morgan fingerprint density at radius 2 is 2.00 bits per heavy atom. The third-order valence-corrected chi connectivity index (χ3v) is 3.18. The fourth-order valence-electron chi connectivity index (χ4n) is 1.65. The SMILES string of the molecule is CCC(C)C(CO)c1ccccc1Cl. The number of hydrogen-bond donors (Lipinski definition) is 1. The van der Waals surface area contributed by atoms with Crippen LogP contribution in [-0.4, -0.2) is 11.7 Å². The molecule has 1 nitrogen and oxygen atoms in total. The molecular weight excluding hydrogens is 196 g/mol. The Morgan fingerprint density at radius 1 is 1.36 bits per heavy atom. The fraction of sp³-hybridized carbons (Fsp3) is 0.500. The summed E-state index contributed by atoms with van der Waals surface area (Å²) in [6.45, 7) is 4.44.